The molecule has 0 aromatic heterocycles. The van der Waals surface area contributed by atoms with Crippen LogP contribution in [0, 0.1) is 11.8 Å². The third kappa shape index (κ3) is 0.445. The summed E-state index contributed by atoms with van der Waals surface area (Å²) >= 11 is 0. The second kappa shape index (κ2) is 1.34. The fourth-order valence-corrected chi connectivity index (χ4v) is 1.78. The highest BCUT2D eigenvalue weighted by atomic mass is 16.1. The van der Waals surface area contributed by atoms with E-state index in [-0.39, 0.29) is 0 Å². The van der Waals surface area contributed by atoms with Gasteiger partial charge in [-0.3, -0.25) is 4.79 Å². The van der Waals surface area contributed by atoms with E-state index in [1.54, 1.807) is 0 Å². The van der Waals surface area contributed by atoms with Gasteiger partial charge in [-0.1, -0.05) is 0 Å². The summed E-state index contributed by atoms with van der Waals surface area (Å²) in [6.45, 7) is 0. The number of hydrogen-bond acceptors (Lipinski definition) is 1. The van der Waals surface area contributed by atoms with Gasteiger partial charge in [0.25, 0.3) is 0 Å². The lowest BCUT2D eigenvalue weighted by molar-refractivity contribution is -0.131. The molecule has 2 bridgehead atoms. The zero-order valence-electron chi connectivity index (χ0n) is 4.89. The largest absolute Gasteiger partial charge is 0.299 e. The van der Waals surface area contributed by atoms with Gasteiger partial charge in [0, 0.05) is 12.3 Å². The van der Waals surface area contributed by atoms with Crippen molar-refractivity contribution in [2.24, 2.45) is 11.8 Å². The number of carbonyl (C=O) groups excluding carboxylic acids is 1. The van der Waals surface area contributed by atoms with E-state index in [1.165, 1.54) is 19.3 Å². The summed E-state index contributed by atoms with van der Waals surface area (Å²) in [5.74, 6) is 1.99. The first-order chi connectivity index (χ1) is 3.86. The van der Waals surface area contributed by atoms with Gasteiger partial charge in [0.05, 0.1) is 0 Å². The molecule has 0 unspecified atom stereocenters. The van der Waals surface area contributed by atoms with Gasteiger partial charge >= 0.3 is 0 Å². The van der Waals surface area contributed by atoms with Crippen molar-refractivity contribution >= 4 is 5.78 Å². The van der Waals surface area contributed by atoms with Gasteiger partial charge in [0.15, 0.2) is 0 Å². The molecule has 1 heteroatoms. The van der Waals surface area contributed by atoms with E-state index in [2.05, 4.69) is 0 Å². The number of carbonyl (C=O) groups is 1. The summed E-state index contributed by atoms with van der Waals surface area (Å²) in [5.41, 5.74) is 0. The molecular formula is C7H10O. The van der Waals surface area contributed by atoms with Crippen molar-refractivity contribution in [3.63, 3.8) is 0 Å². The van der Waals surface area contributed by atoms with Gasteiger partial charge in [0.1, 0.15) is 5.78 Å². The third-order valence-corrected chi connectivity index (χ3v) is 2.49. The van der Waals surface area contributed by atoms with E-state index < -0.39 is 0 Å². The monoisotopic (exact) mass is 110 g/mol. The topological polar surface area (TPSA) is 17.1 Å². The predicted molar refractivity (Wildman–Crippen MR) is 30.5 cm³/mol. The van der Waals surface area contributed by atoms with Gasteiger partial charge < -0.3 is 0 Å². The molecule has 0 spiro atoms. The van der Waals surface area contributed by atoms with E-state index in [0.29, 0.717) is 11.7 Å². The van der Waals surface area contributed by atoms with E-state index in [1.807, 2.05) is 0 Å². The summed E-state index contributed by atoms with van der Waals surface area (Å²) in [7, 11) is 0. The van der Waals surface area contributed by atoms with E-state index >= 15 is 0 Å². The lowest BCUT2D eigenvalue weighted by Crippen LogP contribution is -2.36. The van der Waals surface area contributed by atoms with Gasteiger partial charge in [-0.2, -0.15) is 0 Å². The lowest BCUT2D eigenvalue weighted by atomic mass is 9.65. The normalized spacial score (nSPS) is 43.8. The zero-order valence-corrected chi connectivity index (χ0v) is 4.89. The molecule has 0 amide bonds. The molecule has 0 saturated heterocycles. The van der Waals surface area contributed by atoms with Gasteiger partial charge in [0.2, 0.25) is 0 Å². The standard InChI is InChI=1S/C7H10O/c8-7-2-1-5-3-6(7)4-5/h5-6H,1-4H2. The number of fused-ring (bicyclic) bond motifs is 2. The first-order valence-electron chi connectivity index (χ1n) is 3.39. The molecule has 0 aromatic carbocycles. The van der Waals surface area contributed by atoms with Crippen molar-refractivity contribution in [1.29, 1.82) is 0 Å². The Balaban J connectivity index is 2.10. The van der Waals surface area contributed by atoms with Gasteiger partial charge in [-0.05, 0) is 25.2 Å². The SMILES string of the molecule is O=C1CCC2CC1C2. The fourth-order valence-electron chi connectivity index (χ4n) is 1.78. The van der Waals surface area contributed by atoms with E-state index in [0.717, 1.165) is 12.3 Å². The Morgan fingerprint density at radius 1 is 1.38 bits per heavy atom. The second-order valence-electron chi connectivity index (χ2n) is 3.04. The van der Waals surface area contributed by atoms with Crippen LogP contribution in [0.4, 0.5) is 0 Å². The summed E-state index contributed by atoms with van der Waals surface area (Å²) in [6.07, 6.45) is 4.52. The smallest absolute Gasteiger partial charge is 0.136 e. The molecule has 3 aliphatic carbocycles. The maximum absolute atomic E-state index is 10.8. The molecule has 8 heavy (non-hydrogen) atoms. The van der Waals surface area contributed by atoms with Crippen molar-refractivity contribution in [3.8, 4) is 0 Å². The van der Waals surface area contributed by atoms with Crippen LogP contribution in [0.3, 0.4) is 0 Å². The Bertz CT molecular complexity index is 120. The Labute approximate surface area is 49.1 Å². The number of Topliss-reactive ketones (excluding diaryl/α,β-unsaturated/α-hetero) is 1. The highest BCUT2D eigenvalue weighted by molar-refractivity contribution is 5.83. The highest BCUT2D eigenvalue weighted by Crippen LogP contribution is 2.42. The molecule has 0 aliphatic heterocycles. The summed E-state index contributed by atoms with van der Waals surface area (Å²) < 4.78 is 0. The highest BCUT2D eigenvalue weighted by Gasteiger charge is 2.38. The van der Waals surface area contributed by atoms with Crippen LogP contribution in [0.25, 0.3) is 0 Å². The van der Waals surface area contributed by atoms with Crippen molar-refractivity contribution in [3.05, 3.63) is 0 Å². The number of hydrogen-bond donors (Lipinski definition) is 0. The fraction of sp³-hybridized carbons (Fsp3) is 0.857. The molecule has 3 aliphatic rings. The van der Waals surface area contributed by atoms with Crippen molar-refractivity contribution < 1.29 is 4.79 Å². The minimum absolute atomic E-state index is 0.508. The Hall–Kier alpha value is -0.330. The van der Waals surface area contributed by atoms with Gasteiger partial charge in [-0.25, -0.2) is 0 Å². The van der Waals surface area contributed by atoms with Crippen LogP contribution in [0.2, 0.25) is 0 Å². The molecular weight excluding hydrogens is 100 g/mol. The van der Waals surface area contributed by atoms with E-state index in [4.69, 9.17) is 0 Å². The van der Waals surface area contributed by atoms with Crippen molar-refractivity contribution in [2.45, 2.75) is 25.7 Å². The second-order valence-corrected chi connectivity index (χ2v) is 3.04. The molecule has 0 N–H and O–H groups in total. The minimum atomic E-state index is 0.508. The average molecular weight is 110 g/mol. The average Bonchev–Trinajstić information content (AvgIpc) is 1.62. The molecule has 1 nitrogen and oxygen atoms in total. The molecule has 3 saturated carbocycles. The Morgan fingerprint density at radius 3 is 2.38 bits per heavy atom. The predicted octanol–water partition coefficient (Wildman–Crippen LogP) is 1.38. The third-order valence-electron chi connectivity index (χ3n) is 2.49. The maximum Gasteiger partial charge on any atom is 0.136 e. The minimum Gasteiger partial charge on any atom is -0.299 e. The van der Waals surface area contributed by atoms with Crippen molar-refractivity contribution in [2.75, 3.05) is 0 Å². The van der Waals surface area contributed by atoms with Gasteiger partial charge in [-0.15, -0.1) is 0 Å². The molecule has 3 rings (SSSR count). The quantitative estimate of drug-likeness (QED) is 0.460. The zero-order chi connectivity index (χ0) is 5.56. The number of rotatable bonds is 0. The van der Waals surface area contributed by atoms with Crippen LogP contribution in [0.5, 0.6) is 0 Å². The van der Waals surface area contributed by atoms with Crippen molar-refractivity contribution in [1.82, 2.24) is 0 Å². The van der Waals surface area contributed by atoms with Crippen LogP contribution in [0.1, 0.15) is 25.7 Å². The Morgan fingerprint density at radius 2 is 2.12 bits per heavy atom. The molecule has 0 radical (unpaired) electrons. The summed E-state index contributed by atoms with van der Waals surface area (Å²) in [4.78, 5) is 10.8. The van der Waals surface area contributed by atoms with Crippen LogP contribution in [-0.4, -0.2) is 5.78 Å². The maximum atomic E-state index is 10.8. The van der Waals surface area contributed by atoms with Crippen LogP contribution in [0.15, 0.2) is 0 Å². The summed E-state index contributed by atoms with van der Waals surface area (Å²) in [6, 6.07) is 0. The lowest BCUT2D eigenvalue weighted by Gasteiger charge is -2.39. The first-order valence-corrected chi connectivity index (χ1v) is 3.39. The Kier molecular flexibility index (Phi) is 0.758. The summed E-state index contributed by atoms with van der Waals surface area (Å²) in [5, 5.41) is 0. The number of ketones is 1. The van der Waals surface area contributed by atoms with Crippen LogP contribution in [-0.2, 0) is 4.79 Å². The molecule has 0 aromatic rings. The molecule has 3 fully saturated rings. The van der Waals surface area contributed by atoms with Crippen LogP contribution < -0.4 is 0 Å². The molecule has 0 atom stereocenters. The molecule has 44 valence electrons. The molecule has 0 heterocycles. The first kappa shape index (κ1) is 4.54. The van der Waals surface area contributed by atoms with Crippen LogP contribution >= 0.6 is 0 Å². The van der Waals surface area contributed by atoms with E-state index in [9.17, 15) is 4.79 Å².